The third-order valence-electron chi connectivity index (χ3n) is 7.62. The van der Waals surface area contributed by atoms with Crippen molar-refractivity contribution in [1.29, 1.82) is 0 Å². The van der Waals surface area contributed by atoms with Crippen molar-refractivity contribution in [2.45, 2.75) is 115 Å². The highest BCUT2D eigenvalue weighted by molar-refractivity contribution is 6.04. The molecule has 7 heteroatoms. The number of carbonyl (C=O) groups is 2. The molecule has 1 aromatic heterocycles. The molecule has 4 rings (SSSR count). The lowest BCUT2D eigenvalue weighted by atomic mass is 9.87. The first-order valence-corrected chi connectivity index (χ1v) is 14.5. The Hall–Kier alpha value is -2.77. The average molecular weight is 535 g/mol. The lowest BCUT2D eigenvalue weighted by molar-refractivity contribution is -0.128. The van der Waals surface area contributed by atoms with Gasteiger partial charge in [0, 0.05) is 36.2 Å². The van der Waals surface area contributed by atoms with Crippen LogP contribution in [0.4, 0.5) is 5.69 Å². The lowest BCUT2D eigenvalue weighted by Crippen LogP contribution is -2.51. The van der Waals surface area contributed by atoms with Gasteiger partial charge in [-0.2, -0.15) is 0 Å². The van der Waals surface area contributed by atoms with Crippen molar-refractivity contribution >= 4 is 17.5 Å². The Labute approximate surface area is 234 Å². The summed E-state index contributed by atoms with van der Waals surface area (Å²) in [4.78, 5) is 34.4. The quantitative estimate of drug-likeness (QED) is 0.494. The zero-order chi connectivity index (χ0) is 28.2. The van der Waals surface area contributed by atoms with Crippen molar-refractivity contribution in [3.05, 3.63) is 59.9 Å². The summed E-state index contributed by atoms with van der Waals surface area (Å²) in [6, 6.07) is 10.6. The van der Waals surface area contributed by atoms with Crippen molar-refractivity contribution in [2.24, 2.45) is 0 Å². The summed E-state index contributed by atoms with van der Waals surface area (Å²) in [7, 11) is 0. The van der Waals surface area contributed by atoms with Gasteiger partial charge in [-0.15, -0.1) is 0 Å². The second kappa shape index (κ2) is 12.2. The van der Waals surface area contributed by atoms with Crippen LogP contribution < -0.4 is 15.5 Å². The van der Waals surface area contributed by atoms with Gasteiger partial charge in [-0.05, 0) is 69.2 Å². The maximum Gasteiger partial charge on any atom is 0.248 e. The van der Waals surface area contributed by atoms with Crippen molar-refractivity contribution in [1.82, 2.24) is 15.6 Å². The number of ether oxygens (including phenoxy) is 1. The third-order valence-corrected chi connectivity index (χ3v) is 7.62. The second-order valence-corrected chi connectivity index (χ2v) is 13.1. The fraction of sp³-hybridized carbons (Fsp3) is 0.594. The average Bonchev–Trinajstić information content (AvgIpc) is 3.34. The molecule has 2 heterocycles. The van der Waals surface area contributed by atoms with Gasteiger partial charge in [0.05, 0.1) is 17.7 Å². The summed E-state index contributed by atoms with van der Waals surface area (Å²) < 4.78 is 6.19. The minimum absolute atomic E-state index is 0.0288. The molecule has 0 bridgehead atoms. The highest BCUT2D eigenvalue weighted by Crippen LogP contribution is 2.33. The summed E-state index contributed by atoms with van der Waals surface area (Å²) in [5, 5.41) is 6.66. The topological polar surface area (TPSA) is 83.6 Å². The van der Waals surface area contributed by atoms with Crippen LogP contribution in [-0.4, -0.2) is 47.1 Å². The number of hydrogen-bond acceptors (Lipinski definition) is 5. The molecule has 1 aliphatic heterocycles. The molecule has 0 radical (unpaired) electrons. The van der Waals surface area contributed by atoms with Gasteiger partial charge in [0.2, 0.25) is 11.8 Å². The van der Waals surface area contributed by atoms with Crippen LogP contribution in [0.2, 0.25) is 0 Å². The predicted octanol–water partition coefficient (Wildman–Crippen LogP) is 5.45. The maximum atomic E-state index is 14.4. The molecule has 2 N–H and O–H groups in total. The van der Waals surface area contributed by atoms with Crippen LogP contribution in [0.1, 0.15) is 97.2 Å². The third kappa shape index (κ3) is 7.67. The van der Waals surface area contributed by atoms with Gasteiger partial charge in [0.15, 0.2) is 0 Å². The summed E-state index contributed by atoms with van der Waals surface area (Å²) in [6.45, 7) is 13.2. The number of anilines is 1. The van der Waals surface area contributed by atoms with Crippen LogP contribution in [0.5, 0.6) is 0 Å². The minimum atomic E-state index is -0.835. The van der Waals surface area contributed by atoms with E-state index in [1.165, 1.54) is 12.0 Å². The first-order valence-electron chi connectivity index (χ1n) is 14.5. The molecular weight excluding hydrogens is 488 g/mol. The molecule has 1 saturated carbocycles. The number of carbonyl (C=O) groups excluding carboxylic acids is 2. The van der Waals surface area contributed by atoms with Crippen molar-refractivity contribution in [3.8, 4) is 0 Å². The molecule has 2 amide bonds. The molecule has 2 fully saturated rings. The van der Waals surface area contributed by atoms with E-state index in [0.717, 1.165) is 25.7 Å². The molecule has 2 aromatic rings. The Morgan fingerprint density at radius 2 is 1.72 bits per heavy atom. The van der Waals surface area contributed by atoms with Gasteiger partial charge in [-0.3, -0.25) is 19.5 Å². The van der Waals surface area contributed by atoms with E-state index >= 15 is 0 Å². The molecule has 3 unspecified atom stereocenters. The standard InChI is InChI=1S/C32H46N4O3/c1-31(2,3)23-14-16-25(17-15-23)36(30(38)27-19-26(21-34-27)39-32(4,5)6)28(22-11-10-18-33-20-22)29(37)35-24-12-8-7-9-13-24/h10-11,14-18,20,24,26-28,34H,7-9,12-13,19,21H2,1-6H3,(H,35,37). The summed E-state index contributed by atoms with van der Waals surface area (Å²) in [6.07, 6.45) is 9.23. The van der Waals surface area contributed by atoms with Crippen LogP contribution >= 0.6 is 0 Å². The van der Waals surface area contributed by atoms with Crippen LogP contribution in [0.25, 0.3) is 0 Å². The Balaban J connectivity index is 1.71. The summed E-state index contributed by atoms with van der Waals surface area (Å²) in [5.74, 6) is -0.296. The van der Waals surface area contributed by atoms with E-state index in [0.29, 0.717) is 24.2 Å². The SMILES string of the molecule is CC(C)(C)OC1CNC(C(=O)N(c2ccc(C(C)(C)C)cc2)C(C(=O)NC2CCCCC2)c2cccnc2)C1. The Kier molecular flexibility index (Phi) is 9.12. The normalized spacial score (nSPS) is 21.4. The van der Waals surface area contributed by atoms with Crippen molar-refractivity contribution in [3.63, 3.8) is 0 Å². The smallest absolute Gasteiger partial charge is 0.248 e. The van der Waals surface area contributed by atoms with E-state index < -0.39 is 12.1 Å². The van der Waals surface area contributed by atoms with Gasteiger partial charge >= 0.3 is 0 Å². The van der Waals surface area contributed by atoms with E-state index in [9.17, 15) is 9.59 Å². The van der Waals surface area contributed by atoms with E-state index in [4.69, 9.17) is 4.74 Å². The number of pyridine rings is 1. The molecule has 212 valence electrons. The number of amides is 2. The van der Waals surface area contributed by atoms with Gasteiger partial charge < -0.3 is 15.4 Å². The second-order valence-electron chi connectivity index (χ2n) is 13.1. The van der Waals surface area contributed by atoms with Crippen molar-refractivity contribution in [2.75, 3.05) is 11.4 Å². The zero-order valence-electron chi connectivity index (χ0n) is 24.5. The Morgan fingerprint density at radius 1 is 1.03 bits per heavy atom. The minimum Gasteiger partial charge on any atom is -0.371 e. The van der Waals surface area contributed by atoms with Crippen molar-refractivity contribution < 1.29 is 14.3 Å². The number of aromatic nitrogens is 1. The van der Waals surface area contributed by atoms with E-state index in [2.05, 4.69) is 48.5 Å². The van der Waals surface area contributed by atoms with Crippen LogP contribution in [0.15, 0.2) is 48.8 Å². The lowest BCUT2D eigenvalue weighted by Gasteiger charge is -2.35. The van der Waals surface area contributed by atoms with Gasteiger partial charge in [-0.1, -0.05) is 58.2 Å². The first kappa shape index (κ1) is 29.2. The van der Waals surface area contributed by atoms with E-state index in [1.54, 1.807) is 17.3 Å². The maximum absolute atomic E-state index is 14.4. The molecule has 1 aliphatic carbocycles. The molecular formula is C32H46N4O3. The van der Waals surface area contributed by atoms with E-state index in [-0.39, 0.29) is 35.0 Å². The number of benzene rings is 1. The Morgan fingerprint density at radius 3 is 2.31 bits per heavy atom. The molecule has 39 heavy (non-hydrogen) atoms. The monoisotopic (exact) mass is 534 g/mol. The molecule has 1 saturated heterocycles. The van der Waals surface area contributed by atoms with Gasteiger partial charge in [0.25, 0.3) is 0 Å². The largest absolute Gasteiger partial charge is 0.371 e. The predicted molar refractivity (Wildman–Crippen MR) is 156 cm³/mol. The van der Waals surface area contributed by atoms with Crippen LogP contribution in [-0.2, 0) is 19.7 Å². The highest BCUT2D eigenvalue weighted by atomic mass is 16.5. The number of hydrogen-bond donors (Lipinski definition) is 2. The molecule has 3 atom stereocenters. The first-order chi connectivity index (χ1) is 18.4. The van der Waals surface area contributed by atoms with E-state index in [1.807, 2.05) is 45.0 Å². The highest BCUT2D eigenvalue weighted by Gasteiger charge is 2.40. The Bertz CT molecular complexity index is 1100. The molecule has 1 aromatic carbocycles. The fourth-order valence-corrected chi connectivity index (χ4v) is 5.66. The molecule has 2 aliphatic rings. The van der Waals surface area contributed by atoms with Gasteiger partial charge in [-0.25, -0.2) is 0 Å². The van der Waals surface area contributed by atoms with Crippen LogP contribution in [0, 0.1) is 0 Å². The zero-order valence-corrected chi connectivity index (χ0v) is 24.5. The summed E-state index contributed by atoms with van der Waals surface area (Å²) in [5.41, 5.74) is 2.23. The number of rotatable bonds is 7. The molecule has 0 spiro atoms. The number of nitrogens with one attached hydrogen (secondary N) is 2. The fourth-order valence-electron chi connectivity index (χ4n) is 5.66. The van der Waals surface area contributed by atoms with Crippen LogP contribution in [0.3, 0.4) is 0 Å². The molecule has 7 nitrogen and oxygen atoms in total. The van der Waals surface area contributed by atoms with Gasteiger partial charge in [0.1, 0.15) is 6.04 Å². The number of nitrogens with zero attached hydrogens (tertiary/aromatic N) is 2. The summed E-state index contributed by atoms with van der Waals surface area (Å²) >= 11 is 0.